The summed E-state index contributed by atoms with van der Waals surface area (Å²) in [4.78, 5) is 27.4. The van der Waals surface area contributed by atoms with Gasteiger partial charge in [-0.25, -0.2) is 8.42 Å². The zero-order valence-electron chi connectivity index (χ0n) is 17.0. The molecule has 2 amide bonds. The fourth-order valence-corrected chi connectivity index (χ4v) is 5.78. The molecule has 8 nitrogen and oxygen atoms in total. The number of amides is 2. The van der Waals surface area contributed by atoms with Crippen molar-refractivity contribution in [2.24, 2.45) is 0 Å². The molecule has 164 valence electrons. The lowest BCUT2D eigenvalue weighted by Gasteiger charge is -2.30. The highest BCUT2D eigenvalue weighted by atomic mass is 32.2. The van der Waals surface area contributed by atoms with E-state index in [1.807, 2.05) is 19.1 Å². The Morgan fingerprint density at radius 1 is 1.13 bits per heavy atom. The molecule has 0 bridgehead atoms. The van der Waals surface area contributed by atoms with E-state index in [-0.39, 0.29) is 42.1 Å². The number of hydrogen-bond acceptors (Lipinski definition) is 6. The van der Waals surface area contributed by atoms with E-state index in [0.29, 0.717) is 24.6 Å². The molecule has 4 rings (SSSR count). The van der Waals surface area contributed by atoms with Gasteiger partial charge in [0.2, 0.25) is 21.8 Å². The van der Waals surface area contributed by atoms with Crippen LogP contribution in [-0.4, -0.2) is 63.1 Å². The van der Waals surface area contributed by atoms with E-state index >= 15 is 0 Å². The Kier molecular flexibility index (Phi) is 6.33. The lowest BCUT2D eigenvalue weighted by atomic mass is 10.2. The van der Waals surface area contributed by atoms with E-state index in [1.54, 1.807) is 24.3 Å². The van der Waals surface area contributed by atoms with Crippen LogP contribution in [-0.2, 0) is 24.3 Å². The molecule has 2 aliphatic heterocycles. The third kappa shape index (κ3) is 4.77. The molecule has 2 aromatic rings. The van der Waals surface area contributed by atoms with Gasteiger partial charge in [0.15, 0.2) is 0 Å². The standard InChI is InChI=1S/C21H23N3O5S2/c1-15-2-4-16(5-3-15)22-20(25)13-24-18-12-17(6-7-19(18)30-14-21(24)26)31(27,28)23-8-10-29-11-9-23/h2-7,12H,8-11,13-14H2,1H3,(H,22,25). The third-order valence-corrected chi connectivity index (χ3v) is 8.06. The van der Waals surface area contributed by atoms with Crippen LogP contribution in [0.15, 0.2) is 52.3 Å². The van der Waals surface area contributed by atoms with Gasteiger partial charge in [0.05, 0.1) is 29.5 Å². The van der Waals surface area contributed by atoms with Gasteiger partial charge in [0.25, 0.3) is 0 Å². The summed E-state index contributed by atoms with van der Waals surface area (Å²) in [6, 6.07) is 12.1. The van der Waals surface area contributed by atoms with Crippen molar-refractivity contribution in [1.29, 1.82) is 0 Å². The number of carbonyl (C=O) groups is 2. The number of ether oxygens (including phenoxy) is 1. The Morgan fingerprint density at radius 3 is 2.55 bits per heavy atom. The zero-order valence-corrected chi connectivity index (χ0v) is 18.7. The Hall–Kier alpha value is -2.40. The molecule has 1 fully saturated rings. The maximum Gasteiger partial charge on any atom is 0.244 e. The number of thioether (sulfide) groups is 1. The van der Waals surface area contributed by atoms with Crippen LogP contribution in [0.1, 0.15) is 5.56 Å². The summed E-state index contributed by atoms with van der Waals surface area (Å²) >= 11 is 1.34. The van der Waals surface area contributed by atoms with Gasteiger partial charge in [-0.3, -0.25) is 9.59 Å². The number of nitrogens with zero attached hydrogens (tertiary/aromatic N) is 2. The minimum atomic E-state index is -3.71. The summed E-state index contributed by atoms with van der Waals surface area (Å²) in [5.74, 6) is -0.394. The SMILES string of the molecule is Cc1ccc(NC(=O)CN2C(=O)CSc3ccc(S(=O)(=O)N4CCOCC4)cc32)cc1. The molecule has 0 atom stereocenters. The van der Waals surface area contributed by atoms with Crippen LogP contribution in [0.25, 0.3) is 0 Å². The van der Waals surface area contributed by atoms with Crippen molar-refractivity contribution in [3.05, 3.63) is 48.0 Å². The number of rotatable bonds is 5. The molecule has 2 heterocycles. The zero-order chi connectivity index (χ0) is 22.0. The lowest BCUT2D eigenvalue weighted by molar-refractivity contribution is -0.120. The Labute approximate surface area is 185 Å². The second-order valence-electron chi connectivity index (χ2n) is 7.33. The van der Waals surface area contributed by atoms with Gasteiger partial charge < -0.3 is 15.0 Å². The average molecular weight is 462 g/mol. The molecule has 2 aliphatic rings. The fourth-order valence-electron chi connectivity index (χ4n) is 3.43. The lowest BCUT2D eigenvalue weighted by Crippen LogP contribution is -2.42. The van der Waals surface area contributed by atoms with Crippen LogP contribution in [0.5, 0.6) is 0 Å². The highest BCUT2D eigenvalue weighted by Crippen LogP contribution is 2.37. The molecule has 0 aromatic heterocycles. The molecule has 0 radical (unpaired) electrons. The van der Waals surface area contributed by atoms with Crippen molar-refractivity contribution >= 4 is 45.0 Å². The third-order valence-electron chi connectivity index (χ3n) is 5.12. The van der Waals surface area contributed by atoms with Crippen LogP contribution in [0.4, 0.5) is 11.4 Å². The number of fused-ring (bicyclic) bond motifs is 1. The quantitative estimate of drug-likeness (QED) is 0.733. The van der Waals surface area contributed by atoms with Crippen molar-refractivity contribution < 1.29 is 22.7 Å². The monoisotopic (exact) mass is 461 g/mol. The van der Waals surface area contributed by atoms with Crippen molar-refractivity contribution in [2.75, 3.05) is 48.8 Å². The number of benzene rings is 2. The van der Waals surface area contributed by atoms with E-state index < -0.39 is 10.0 Å². The minimum absolute atomic E-state index is 0.104. The summed E-state index contributed by atoms with van der Waals surface area (Å²) in [6.45, 7) is 3.04. The molecule has 10 heteroatoms. The Bertz CT molecular complexity index is 1100. The molecule has 0 aliphatic carbocycles. The summed E-state index contributed by atoms with van der Waals surface area (Å²) in [7, 11) is -3.71. The van der Waals surface area contributed by atoms with Crippen LogP contribution < -0.4 is 10.2 Å². The largest absolute Gasteiger partial charge is 0.379 e. The van der Waals surface area contributed by atoms with E-state index in [4.69, 9.17) is 4.74 Å². The van der Waals surface area contributed by atoms with Gasteiger partial charge in [-0.1, -0.05) is 17.7 Å². The molecular weight excluding hydrogens is 438 g/mol. The molecule has 1 saturated heterocycles. The number of sulfonamides is 1. The maximum absolute atomic E-state index is 13.0. The molecule has 0 unspecified atom stereocenters. The van der Waals surface area contributed by atoms with Crippen molar-refractivity contribution in [3.8, 4) is 0 Å². The summed E-state index contributed by atoms with van der Waals surface area (Å²) < 4.78 is 32.7. The van der Waals surface area contributed by atoms with Gasteiger partial charge in [0, 0.05) is 23.7 Å². The van der Waals surface area contributed by atoms with Gasteiger partial charge >= 0.3 is 0 Å². The topological polar surface area (TPSA) is 96.0 Å². The molecular formula is C21H23N3O5S2. The van der Waals surface area contributed by atoms with Crippen molar-refractivity contribution in [3.63, 3.8) is 0 Å². The van der Waals surface area contributed by atoms with Crippen LogP contribution in [0, 0.1) is 6.92 Å². The van der Waals surface area contributed by atoms with E-state index in [2.05, 4.69) is 5.32 Å². The van der Waals surface area contributed by atoms with Gasteiger partial charge in [-0.15, -0.1) is 11.8 Å². The molecule has 1 N–H and O–H groups in total. The van der Waals surface area contributed by atoms with Gasteiger partial charge in [-0.2, -0.15) is 4.31 Å². The first kappa shape index (κ1) is 21.8. The van der Waals surface area contributed by atoms with E-state index in [1.165, 1.54) is 27.0 Å². The molecule has 0 spiro atoms. The fraction of sp³-hybridized carbons (Fsp3) is 0.333. The first-order chi connectivity index (χ1) is 14.8. The highest BCUT2D eigenvalue weighted by Gasteiger charge is 2.31. The predicted octanol–water partition coefficient (Wildman–Crippen LogP) is 2.09. The van der Waals surface area contributed by atoms with Crippen molar-refractivity contribution in [1.82, 2.24) is 4.31 Å². The van der Waals surface area contributed by atoms with E-state index in [0.717, 1.165) is 10.5 Å². The second-order valence-corrected chi connectivity index (χ2v) is 10.3. The highest BCUT2D eigenvalue weighted by molar-refractivity contribution is 8.00. The minimum Gasteiger partial charge on any atom is -0.379 e. The second kappa shape index (κ2) is 8.99. The number of morpholine rings is 1. The smallest absolute Gasteiger partial charge is 0.244 e. The number of hydrogen-bond donors (Lipinski definition) is 1. The number of nitrogens with one attached hydrogen (secondary N) is 1. The normalized spacial score (nSPS) is 17.3. The summed E-state index contributed by atoms with van der Waals surface area (Å²) in [5.41, 5.74) is 2.15. The van der Waals surface area contributed by atoms with Gasteiger partial charge in [-0.05, 0) is 37.3 Å². The summed E-state index contributed by atoms with van der Waals surface area (Å²) in [5, 5.41) is 2.78. The van der Waals surface area contributed by atoms with Crippen LogP contribution in [0.3, 0.4) is 0 Å². The number of aryl methyl sites for hydroxylation is 1. The molecule has 2 aromatic carbocycles. The van der Waals surface area contributed by atoms with Crippen molar-refractivity contribution in [2.45, 2.75) is 16.7 Å². The average Bonchev–Trinajstić information content (AvgIpc) is 2.77. The maximum atomic E-state index is 13.0. The first-order valence-electron chi connectivity index (χ1n) is 9.86. The van der Waals surface area contributed by atoms with Crippen LogP contribution >= 0.6 is 11.8 Å². The Morgan fingerprint density at radius 2 is 1.84 bits per heavy atom. The molecule has 0 saturated carbocycles. The summed E-state index contributed by atoms with van der Waals surface area (Å²) in [6.07, 6.45) is 0. The molecule has 31 heavy (non-hydrogen) atoms. The predicted molar refractivity (Wildman–Crippen MR) is 119 cm³/mol. The van der Waals surface area contributed by atoms with Gasteiger partial charge in [0.1, 0.15) is 6.54 Å². The van der Waals surface area contributed by atoms with Crippen LogP contribution in [0.2, 0.25) is 0 Å². The Balaban J connectivity index is 1.58. The number of carbonyl (C=O) groups excluding carboxylic acids is 2. The first-order valence-corrected chi connectivity index (χ1v) is 12.3. The number of anilines is 2. The van der Waals surface area contributed by atoms with E-state index in [9.17, 15) is 18.0 Å².